The summed E-state index contributed by atoms with van der Waals surface area (Å²) < 4.78 is 11.5. The van der Waals surface area contributed by atoms with Crippen LogP contribution in [-0.4, -0.2) is 91.0 Å². The molecule has 2 fully saturated rings. The number of rotatable bonds is 11. The van der Waals surface area contributed by atoms with Gasteiger partial charge in [-0.2, -0.15) is 15.2 Å². The van der Waals surface area contributed by atoms with Gasteiger partial charge in [-0.25, -0.2) is 0 Å². The zero-order chi connectivity index (χ0) is 30.3. The topological polar surface area (TPSA) is 112 Å². The second-order valence-corrected chi connectivity index (χ2v) is 11.9. The van der Waals surface area contributed by atoms with Crippen LogP contribution in [0.4, 0.5) is 5.82 Å². The van der Waals surface area contributed by atoms with E-state index in [0.29, 0.717) is 50.1 Å². The molecule has 43 heavy (non-hydrogen) atoms. The minimum absolute atomic E-state index is 0.184. The number of aromatic nitrogens is 2. The molecule has 1 aliphatic carbocycles. The smallest absolute Gasteiger partial charge is 0.319 e. The van der Waals surface area contributed by atoms with Gasteiger partial charge in [0, 0.05) is 31.2 Å². The van der Waals surface area contributed by atoms with Crippen molar-refractivity contribution in [2.24, 2.45) is 5.92 Å². The first-order valence-electron chi connectivity index (χ1n) is 15.3. The number of amides is 1. The number of aryl methyl sites for hydroxylation is 1. The molecule has 2 aromatic rings. The van der Waals surface area contributed by atoms with E-state index in [2.05, 4.69) is 46.6 Å². The maximum absolute atomic E-state index is 12.5. The fraction of sp³-hybridized carbons (Fsp3) is 0.545. The Morgan fingerprint density at radius 2 is 2.05 bits per heavy atom. The molecule has 1 aromatic carbocycles. The summed E-state index contributed by atoms with van der Waals surface area (Å²) in [5.74, 6) is 1.84. The van der Waals surface area contributed by atoms with Gasteiger partial charge < -0.3 is 24.2 Å². The van der Waals surface area contributed by atoms with Crippen molar-refractivity contribution in [1.82, 2.24) is 19.8 Å². The van der Waals surface area contributed by atoms with Crippen LogP contribution in [0, 0.1) is 17.2 Å². The van der Waals surface area contributed by atoms with Gasteiger partial charge in [-0.05, 0) is 93.8 Å². The van der Waals surface area contributed by atoms with Crippen molar-refractivity contribution in [3.05, 3.63) is 53.2 Å². The molecule has 2 unspecified atom stereocenters. The van der Waals surface area contributed by atoms with Crippen molar-refractivity contribution in [1.29, 1.82) is 5.26 Å². The average Bonchev–Trinajstić information content (AvgIpc) is 3.46. The van der Waals surface area contributed by atoms with Crippen LogP contribution in [0.15, 0.2) is 30.9 Å². The van der Waals surface area contributed by atoms with E-state index in [-0.39, 0.29) is 30.4 Å². The minimum atomic E-state index is -0.310. The maximum atomic E-state index is 12.5. The van der Waals surface area contributed by atoms with E-state index in [9.17, 15) is 14.9 Å². The summed E-state index contributed by atoms with van der Waals surface area (Å²) in [5, 5.41) is 9.52. The number of ether oxygens (including phenoxy) is 2. The fourth-order valence-electron chi connectivity index (χ4n) is 6.76. The summed E-state index contributed by atoms with van der Waals surface area (Å²) in [6.45, 7) is 6.51. The fourth-order valence-corrected chi connectivity index (χ4v) is 6.76. The van der Waals surface area contributed by atoms with Crippen LogP contribution in [0.25, 0.3) is 0 Å². The Hall–Kier alpha value is -3.97. The molecule has 1 amide bonds. The molecule has 0 saturated carbocycles. The monoisotopic (exact) mass is 586 g/mol. The van der Waals surface area contributed by atoms with Gasteiger partial charge >= 0.3 is 6.01 Å². The number of hydrogen-bond acceptors (Lipinski definition) is 9. The lowest BCUT2D eigenvalue weighted by molar-refractivity contribution is -0.128. The predicted octanol–water partition coefficient (Wildman–Crippen LogP) is 3.63. The Kier molecular flexibility index (Phi) is 9.93. The Balaban J connectivity index is 1.39. The second kappa shape index (κ2) is 14.0. The van der Waals surface area contributed by atoms with Crippen LogP contribution in [0.3, 0.4) is 0 Å². The van der Waals surface area contributed by atoms with E-state index < -0.39 is 0 Å². The number of nitrogens with zero attached hydrogens (tertiary/aromatic N) is 6. The lowest BCUT2D eigenvalue weighted by Crippen LogP contribution is -2.55. The molecular weight excluding hydrogens is 544 g/mol. The minimum Gasteiger partial charge on any atom is -0.497 e. The van der Waals surface area contributed by atoms with Gasteiger partial charge in [0.25, 0.3) is 0 Å². The number of benzene rings is 1. The molecule has 1 aromatic heterocycles. The number of carbonyl (C=O) groups excluding carboxylic acids is 2. The molecule has 10 nitrogen and oxygen atoms in total. The van der Waals surface area contributed by atoms with Gasteiger partial charge in [-0.3, -0.25) is 9.59 Å². The zero-order valence-electron chi connectivity index (χ0n) is 25.3. The Labute approximate surface area is 254 Å². The van der Waals surface area contributed by atoms with Crippen LogP contribution in [0.1, 0.15) is 59.3 Å². The molecule has 0 radical (unpaired) electrons. The van der Waals surface area contributed by atoms with Crippen molar-refractivity contribution in [2.45, 2.75) is 63.5 Å². The van der Waals surface area contributed by atoms with Gasteiger partial charge in [-0.15, -0.1) is 0 Å². The number of anilines is 1. The summed E-state index contributed by atoms with van der Waals surface area (Å²) >= 11 is 0. The van der Waals surface area contributed by atoms with Crippen LogP contribution >= 0.6 is 0 Å². The SMILES string of the molecule is C=CC(=O)N1CCN(c2nc(OCC3CCCN3C)nc(C=O)c2CC[C@H]2CCc3cc(OC)ccc3C2)CC1CC#N. The quantitative estimate of drug-likeness (QED) is 0.288. The summed E-state index contributed by atoms with van der Waals surface area (Å²) in [5.41, 5.74) is 3.85. The number of hydrogen-bond donors (Lipinski definition) is 0. The standard InChI is InChI=1S/C33H42N6O4/c1-4-31(41)39-17-16-38(20-26(39)13-14-34)32-29(12-8-23-7-9-25-19-28(42-3)11-10-24(25)18-23)30(21-40)35-33(36-32)43-22-27-6-5-15-37(27)2/h4,10-11,19,21,23,26-27H,1,5-9,12-13,15-18,20,22H2,2-3H3/t23-,26?,27?/m1/s1. The van der Waals surface area contributed by atoms with Crippen LogP contribution in [-0.2, 0) is 24.1 Å². The van der Waals surface area contributed by atoms with E-state index in [0.717, 1.165) is 62.7 Å². The van der Waals surface area contributed by atoms with Gasteiger partial charge in [-0.1, -0.05) is 12.6 Å². The molecule has 2 saturated heterocycles. The highest BCUT2D eigenvalue weighted by atomic mass is 16.5. The Morgan fingerprint density at radius 1 is 1.19 bits per heavy atom. The number of nitriles is 1. The highest BCUT2D eigenvalue weighted by Crippen LogP contribution is 2.33. The largest absolute Gasteiger partial charge is 0.497 e. The number of likely N-dealkylation sites (tertiary alicyclic amines) is 1. The van der Waals surface area contributed by atoms with Gasteiger partial charge in [0.2, 0.25) is 5.91 Å². The Morgan fingerprint density at radius 3 is 2.77 bits per heavy atom. The first-order valence-corrected chi connectivity index (χ1v) is 15.3. The molecular formula is C33H42N6O4. The summed E-state index contributed by atoms with van der Waals surface area (Å²) in [4.78, 5) is 40.5. The van der Waals surface area contributed by atoms with Crippen molar-refractivity contribution < 1.29 is 19.1 Å². The lowest BCUT2D eigenvalue weighted by atomic mass is 9.81. The third kappa shape index (κ3) is 6.99. The normalized spacial score (nSPS) is 22.0. The van der Waals surface area contributed by atoms with Crippen LogP contribution < -0.4 is 14.4 Å². The average molecular weight is 587 g/mol. The molecule has 3 heterocycles. The van der Waals surface area contributed by atoms with E-state index in [1.54, 1.807) is 12.0 Å². The number of fused-ring (bicyclic) bond motifs is 1. The molecule has 3 aliphatic rings. The second-order valence-electron chi connectivity index (χ2n) is 11.9. The van der Waals surface area contributed by atoms with Crippen molar-refractivity contribution >= 4 is 18.0 Å². The van der Waals surface area contributed by atoms with Crippen LogP contribution in [0.2, 0.25) is 0 Å². The van der Waals surface area contributed by atoms with Crippen molar-refractivity contribution in [2.75, 3.05) is 51.8 Å². The summed E-state index contributed by atoms with van der Waals surface area (Å²) in [6, 6.07) is 8.72. The van der Waals surface area contributed by atoms with Gasteiger partial charge in [0.05, 0.1) is 25.6 Å². The molecule has 228 valence electrons. The first-order chi connectivity index (χ1) is 20.9. The predicted molar refractivity (Wildman–Crippen MR) is 164 cm³/mol. The number of piperazine rings is 1. The number of likely N-dealkylation sites (N-methyl/N-ethyl adjacent to an activating group) is 1. The third-order valence-corrected chi connectivity index (χ3v) is 9.30. The first kappa shape index (κ1) is 30.5. The lowest BCUT2D eigenvalue weighted by Gasteiger charge is -2.41. The van der Waals surface area contributed by atoms with E-state index in [1.807, 2.05) is 6.07 Å². The number of carbonyl (C=O) groups is 2. The van der Waals surface area contributed by atoms with E-state index >= 15 is 0 Å². The molecule has 10 heteroatoms. The van der Waals surface area contributed by atoms with Gasteiger partial charge in [0.15, 0.2) is 6.29 Å². The van der Waals surface area contributed by atoms with E-state index in [1.165, 1.54) is 17.2 Å². The van der Waals surface area contributed by atoms with E-state index in [4.69, 9.17) is 14.5 Å². The molecule has 0 bridgehead atoms. The molecule has 3 atom stereocenters. The van der Waals surface area contributed by atoms with Gasteiger partial charge in [0.1, 0.15) is 23.9 Å². The highest BCUT2D eigenvalue weighted by Gasteiger charge is 2.32. The summed E-state index contributed by atoms with van der Waals surface area (Å²) in [6.07, 6.45) is 9.07. The molecule has 2 aliphatic heterocycles. The summed E-state index contributed by atoms with van der Waals surface area (Å²) in [7, 11) is 3.79. The molecule has 0 spiro atoms. The third-order valence-electron chi connectivity index (χ3n) is 9.30. The van der Waals surface area contributed by atoms with Crippen molar-refractivity contribution in [3.63, 3.8) is 0 Å². The highest BCUT2D eigenvalue weighted by molar-refractivity contribution is 5.87. The van der Waals surface area contributed by atoms with Crippen molar-refractivity contribution in [3.8, 4) is 17.8 Å². The maximum Gasteiger partial charge on any atom is 0.319 e. The number of aldehydes is 1. The molecule has 0 N–H and O–H groups in total. The van der Waals surface area contributed by atoms with Crippen LogP contribution in [0.5, 0.6) is 11.8 Å². The molecule has 5 rings (SSSR count). The zero-order valence-corrected chi connectivity index (χ0v) is 25.3. The number of methoxy groups -OCH3 is 1. The Bertz CT molecular complexity index is 1370.